The molecule has 8 nitrogen and oxygen atoms in total. The molecule has 0 radical (unpaired) electrons. The molecule has 6 rings (SSSR count). The molecule has 2 fully saturated rings. The zero-order chi connectivity index (χ0) is 27.1. The van der Waals surface area contributed by atoms with Gasteiger partial charge in [-0.05, 0) is 78.7 Å². The van der Waals surface area contributed by atoms with Crippen molar-refractivity contribution in [1.29, 1.82) is 0 Å². The number of nitrogens with zero attached hydrogens (tertiary/aromatic N) is 4. The number of amides is 1. The molecule has 1 aromatic heterocycles. The lowest BCUT2D eigenvalue weighted by molar-refractivity contribution is 0.0666. The molecule has 3 aromatic rings. The molecule has 0 atom stereocenters. The molecule has 4 heterocycles. The number of nitrogens with one attached hydrogen (secondary N) is 2. The van der Waals surface area contributed by atoms with Crippen LogP contribution >= 0.6 is 0 Å². The van der Waals surface area contributed by atoms with Gasteiger partial charge in [-0.1, -0.05) is 30.3 Å². The number of benzene rings is 2. The minimum atomic E-state index is -0.200. The van der Waals surface area contributed by atoms with Crippen molar-refractivity contribution in [2.24, 2.45) is 5.92 Å². The van der Waals surface area contributed by atoms with Gasteiger partial charge < -0.3 is 25.2 Å². The number of piperazine rings is 1. The van der Waals surface area contributed by atoms with Gasteiger partial charge in [0, 0.05) is 69.9 Å². The molecule has 2 N–H and O–H groups in total. The highest BCUT2D eigenvalue weighted by Crippen LogP contribution is 2.27. The number of anilines is 3. The van der Waals surface area contributed by atoms with E-state index in [1.165, 1.54) is 29.7 Å². The van der Waals surface area contributed by atoms with E-state index in [4.69, 9.17) is 4.74 Å². The van der Waals surface area contributed by atoms with Crippen LogP contribution in [-0.2, 0) is 24.3 Å². The highest BCUT2D eigenvalue weighted by Gasteiger charge is 2.26. The van der Waals surface area contributed by atoms with E-state index in [0.717, 1.165) is 82.4 Å². The Kier molecular flexibility index (Phi) is 8.44. The summed E-state index contributed by atoms with van der Waals surface area (Å²) in [5.41, 5.74) is 6.07. The Morgan fingerprint density at radius 2 is 1.73 bits per heavy atom. The van der Waals surface area contributed by atoms with E-state index in [2.05, 4.69) is 55.7 Å². The highest BCUT2D eigenvalue weighted by molar-refractivity contribution is 5.67. The third kappa shape index (κ3) is 6.74. The van der Waals surface area contributed by atoms with E-state index in [1.807, 2.05) is 41.4 Å². The number of rotatable bonds is 7. The van der Waals surface area contributed by atoms with Crippen LogP contribution in [0.25, 0.3) is 0 Å². The predicted molar refractivity (Wildman–Crippen MR) is 159 cm³/mol. The molecule has 2 saturated heterocycles. The van der Waals surface area contributed by atoms with Gasteiger partial charge in [-0.3, -0.25) is 4.90 Å². The number of carbonyl (C=O) groups excluding carboxylic acids is 1. The van der Waals surface area contributed by atoms with Gasteiger partial charge in [-0.2, -0.15) is 0 Å². The smallest absolute Gasteiger partial charge is 0.410 e. The average molecular weight is 541 g/mol. The van der Waals surface area contributed by atoms with E-state index in [1.54, 1.807) is 0 Å². The van der Waals surface area contributed by atoms with Crippen molar-refractivity contribution in [2.75, 3.05) is 62.6 Å². The lowest BCUT2D eigenvalue weighted by Crippen LogP contribution is -2.50. The summed E-state index contributed by atoms with van der Waals surface area (Å²) >= 11 is 0. The molecule has 8 heteroatoms. The van der Waals surface area contributed by atoms with Crippen molar-refractivity contribution in [3.63, 3.8) is 0 Å². The van der Waals surface area contributed by atoms with Gasteiger partial charge in [0.15, 0.2) is 0 Å². The van der Waals surface area contributed by atoms with E-state index in [0.29, 0.717) is 12.5 Å². The Bertz CT molecular complexity index is 1250. The van der Waals surface area contributed by atoms with Crippen molar-refractivity contribution in [3.05, 3.63) is 83.6 Å². The van der Waals surface area contributed by atoms with Crippen LogP contribution in [0, 0.1) is 5.92 Å². The van der Waals surface area contributed by atoms with E-state index in [-0.39, 0.29) is 6.09 Å². The minimum absolute atomic E-state index is 0.200. The summed E-state index contributed by atoms with van der Waals surface area (Å²) in [4.78, 5) is 24.0. The first-order valence-corrected chi connectivity index (χ1v) is 14.7. The maximum absolute atomic E-state index is 12.5. The first-order chi connectivity index (χ1) is 19.7. The number of pyridine rings is 1. The first-order valence-electron chi connectivity index (χ1n) is 14.7. The summed E-state index contributed by atoms with van der Waals surface area (Å²) in [6.45, 7) is 8.90. The van der Waals surface area contributed by atoms with Gasteiger partial charge >= 0.3 is 6.09 Å². The summed E-state index contributed by atoms with van der Waals surface area (Å²) in [6.07, 6.45) is 5.27. The molecule has 2 aromatic carbocycles. The van der Waals surface area contributed by atoms with Gasteiger partial charge in [-0.15, -0.1) is 0 Å². The van der Waals surface area contributed by atoms with Crippen LogP contribution in [0.4, 0.5) is 22.0 Å². The summed E-state index contributed by atoms with van der Waals surface area (Å²) in [6, 6.07) is 20.8. The molecule has 40 heavy (non-hydrogen) atoms. The van der Waals surface area contributed by atoms with Crippen molar-refractivity contribution >= 4 is 23.3 Å². The van der Waals surface area contributed by atoms with E-state index < -0.39 is 0 Å². The molecule has 0 spiro atoms. The maximum Gasteiger partial charge on any atom is 0.410 e. The van der Waals surface area contributed by atoms with Crippen molar-refractivity contribution in [2.45, 2.75) is 32.4 Å². The van der Waals surface area contributed by atoms with Crippen LogP contribution in [0.1, 0.15) is 29.5 Å². The third-order valence-electron chi connectivity index (χ3n) is 8.44. The molecular formula is C32H40N6O2. The zero-order valence-corrected chi connectivity index (χ0v) is 23.2. The standard InChI is InChI=1S/C32H40N6O2/c39-32(40-24-26-4-2-1-3-5-26)38-18-16-36(17-19-38)23-25-11-14-37(15-12-25)30-8-6-29(7-9-30)35-31-20-28-21-33-13-10-27(28)22-34-31/h1-9,20,22,25,33H,10-19,21,23-24H2,(H,34,35). The molecular weight excluding hydrogens is 500 g/mol. The summed E-state index contributed by atoms with van der Waals surface area (Å²) in [5.74, 6) is 1.61. The quantitative estimate of drug-likeness (QED) is 0.452. The lowest BCUT2D eigenvalue weighted by atomic mass is 9.95. The number of ether oxygens (including phenoxy) is 1. The van der Waals surface area contributed by atoms with Crippen LogP contribution in [0.15, 0.2) is 66.9 Å². The molecule has 0 unspecified atom stereocenters. The van der Waals surface area contributed by atoms with Crippen molar-refractivity contribution < 1.29 is 9.53 Å². The summed E-state index contributed by atoms with van der Waals surface area (Å²) in [5, 5.41) is 6.90. The molecule has 0 saturated carbocycles. The Morgan fingerprint density at radius 1 is 0.950 bits per heavy atom. The van der Waals surface area contributed by atoms with Gasteiger partial charge in [0.1, 0.15) is 12.4 Å². The Balaban J connectivity index is 0.913. The maximum atomic E-state index is 12.5. The molecule has 0 aliphatic carbocycles. The van der Waals surface area contributed by atoms with Crippen molar-refractivity contribution in [1.82, 2.24) is 20.1 Å². The van der Waals surface area contributed by atoms with Crippen LogP contribution in [0.3, 0.4) is 0 Å². The average Bonchev–Trinajstić information content (AvgIpc) is 3.01. The number of fused-ring (bicyclic) bond motifs is 1. The number of carbonyl (C=O) groups is 1. The summed E-state index contributed by atoms with van der Waals surface area (Å²) in [7, 11) is 0. The largest absolute Gasteiger partial charge is 0.445 e. The SMILES string of the molecule is O=C(OCc1ccccc1)N1CCN(CC2CCN(c3ccc(Nc4cc5c(cn4)CCNC5)cc3)CC2)CC1. The Hall–Kier alpha value is -3.62. The molecule has 0 bridgehead atoms. The van der Waals surface area contributed by atoms with Gasteiger partial charge in [0.05, 0.1) is 0 Å². The predicted octanol–water partition coefficient (Wildman–Crippen LogP) is 4.64. The fraction of sp³-hybridized carbons (Fsp3) is 0.438. The highest BCUT2D eigenvalue weighted by atomic mass is 16.6. The van der Waals surface area contributed by atoms with Crippen LogP contribution in [0.2, 0.25) is 0 Å². The second-order valence-corrected chi connectivity index (χ2v) is 11.2. The van der Waals surface area contributed by atoms with E-state index in [9.17, 15) is 4.79 Å². The number of piperidine rings is 1. The third-order valence-corrected chi connectivity index (χ3v) is 8.44. The van der Waals surface area contributed by atoms with Gasteiger partial charge in [0.2, 0.25) is 0 Å². The monoisotopic (exact) mass is 540 g/mol. The topological polar surface area (TPSA) is 73.0 Å². The molecule has 210 valence electrons. The van der Waals surface area contributed by atoms with Gasteiger partial charge in [0.25, 0.3) is 0 Å². The minimum Gasteiger partial charge on any atom is -0.445 e. The fourth-order valence-corrected chi connectivity index (χ4v) is 6.00. The molecule has 3 aliphatic rings. The second kappa shape index (κ2) is 12.7. The fourth-order valence-electron chi connectivity index (χ4n) is 6.00. The Morgan fingerprint density at radius 3 is 2.50 bits per heavy atom. The Labute approximate surface area is 237 Å². The molecule has 3 aliphatic heterocycles. The first kappa shape index (κ1) is 26.6. The van der Waals surface area contributed by atoms with Gasteiger partial charge in [-0.25, -0.2) is 9.78 Å². The van der Waals surface area contributed by atoms with Crippen molar-refractivity contribution in [3.8, 4) is 0 Å². The van der Waals surface area contributed by atoms with Crippen LogP contribution in [-0.4, -0.2) is 73.2 Å². The zero-order valence-electron chi connectivity index (χ0n) is 23.2. The number of aromatic nitrogens is 1. The number of hydrogen-bond acceptors (Lipinski definition) is 7. The summed E-state index contributed by atoms with van der Waals surface area (Å²) < 4.78 is 5.52. The van der Waals surface area contributed by atoms with Crippen LogP contribution in [0.5, 0.6) is 0 Å². The normalized spacial score (nSPS) is 18.3. The van der Waals surface area contributed by atoms with E-state index >= 15 is 0 Å². The molecule has 1 amide bonds. The van der Waals surface area contributed by atoms with Crippen LogP contribution < -0.4 is 15.5 Å². The second-order valence-electron chi connectivity index (χ2n) is 11.2. The number of hydrogen-bond donors (Lipinski definition) is 2. The lowest BCUT2D eigenvalue weighted by Gasteiger charge is -2.39.